The Hall–Kier alpha value is -2.14. The van der Waals surface area contributed by atoms with Crippen LogP contribution in [0.5, 0.6) is 11.5 Å². The highest BCUT2D eigenvalue weighted by atomic mass is 16.7. The minimum atomic E-state index is 0.312. The molecule has 2 aromatic rings. The quantitative estimate of drug-likeness (QED) is 0.905. The molecule has 0 atom stereocenters. The Morgan fingerprint density at radius 1 is 1.16 bits per heavy atom. The first-order chi connectivity index (χ1) is 9.31. The van der Waals surface area contributed by atoms with E-state index in [1.54, 1.807) is 6.20 Å². The van der Waals surface area contributed by atoms with Gasteiger partial charge in [-0.3, -0.25) is 0 Å². The van der Waals surface area contributed by atoms with Gasteiger partial charge in [-0.1, -0.05) is 6.07 Å². The van der Waals surface area contributed by atoms with Crippen molar-refractivity contribution in [2.45, 2.75) is 20.0 Å². The number of ether oxygens (including phenoxy) is 2. The SMILES string of the molecule is Cc1nccc(CNCc2ccc3c(c2)OCO3)n1. The third-order valence-electron chi connectivity index (χ3n) is 2.91. The van der Waals surface area contributed by atoms with Crippen LogP contribution < -0.4 is 14.8 Å². The Morgan fingerprint density at radius 2 is 2.05 bits per heavy atom. The van der Waals surface area contributed by atoms with Crippen LogP contribution in [0.3, 0.4) is 0 Å². The summed E-state index contributed by atoms with van der Waals surface area (Å²) in [6.07, 6.45) is 1.78. The standard InChI is InChI=1S/C14H15N3O2/c1-10-16-5-4-12(17-10)8-15-7-11-2-3-13-14(6-11)19-9-18-13/h2-6,15H,7-9H2,1H3. The summed E-state index contributed by atoms with van der Waals surface area (Å²) in [5.74, 6) is 2.43. The first kappa shape index (κ1) is 11.9. The molecule has 98 valence electrons. The molecule has 0 fully saturated rings. The first-order valence-corrected chi connectivity index (χ1v) is 6.19. The number of aryl methyl sites for hydroxylation is 1. The largest absolute Gasteiger partial charge is 0.454 e. The second-order valence-corrected chi connectivity index (χ2v) is 4.39. The molecule has 5 heteroatoms. The van der Waals surface area contributed by atoms with Gasteiger partial charge < -0.3 is 14.8 Å². The topological polar surface area (TPSA) is 56.3 Å². The summed E-state index contributed by atoms with van der Waals surface area (Å²) in [6.45, 7) is 3.69. The molecule has 1 aliphatic rings. The van der Waals surface area contributed by atoms with Gasteiger partial charge in [0.15, 0.2) is 11.5 Å². The first-order valence-electron chi connectivity index (χ1n) is 6.19. The van der Waals surface area contributed by atoms with E-state index in [1.165, 1.54) is 0 Å². The van der Waals surface area contributed by atoms with Crippen molar-refractivity contribution >= 4 is 0 Å². The highest BCUT2D eigenvalue weighted by Gasteiger charge is 2.12. The monoisotopic (exact) mass is 257 g/mol. The van der Waals surface area contributed by atoms with Crippen molar-refractivity contribution < 1.29 is 9.47 Å². The molecule has 5 nitrogen and oxygen atoms in total. The summed E-state index contributed by atoms with van der Waals surface area (Å²) in [7, 11) is 0. The molecule has 0 amide bonds. The second kappa shape index (κ2) is 5.24. The molecule has 0 spiro atoms. The van der Waals surface area contributed by atoms with Crippen molar-refractivity contribution in [1.82, 2.24) is 15.3 Å². The van der Waals surface area contributed by atoms with Gasteiger partial charge in [-0.2, -0.15) is 0 Å². The predicted octanol–water partition coefficient (Wildman–Crippen LogP) is 1.80. The third kappa shape index (κ3) is 2.82. The van der Waals surface area contributed by atoms with Crippen molar-refractivity contribution in [3.63, 3.8) is 0 Å². The van der Waals surface area contributed by atoms with Gasteiger partial charge in [-0.05, 0) is 30.7 Å². The summed E-state index contributed by atoms with van der Waals surface area (Å²) in [6, 6.07) is 7.89. The number of nitrogens with zero attached hydrogens (tertiary/aromatic N) is 2. The highest BCUT2D eigenvalue weighted by Crippen LogP contribution is 2.32. The van der Waals surface area contributed by atoms with Crippen molar-refractivity contribution in [2.75, 3.05) is 6.79 Å². The molecule has 0 bridgehead atoms. The summed E-state index contributed by atoms with van der Waals surface area (Å²) in [5.41, 5.74) is 2.16. The molecule has 1 N–H and O–H groups in total. The van der Waals surface area contributed by atoms with E-state index in [0.717, 1.165) is 41.7 Å². The van der Waals surface area contributed by atoms with E-state index < -0.39 is 0 Å². The fourth-order valence-electron chi connectivity index (χ4n) is 1.99. The number of aromatic nitrogens is 2. The molecule has 3 rings (SSSR count). The van der Waals surface area contributed by atoms with Crippen molar-refractivity contribution in [1.29, 1.82) is 0 Å². The Bertz CT molecular complexity index is 587. The molecule has 1 aromatic carbocycles. The van der Waals surface area contributed by atoms with Crippen LogP contribution in [0.15, 0.2) is 30.5 Å². The van der Waals surface area contributed by atoms with Crippen LogP contribution in [0, 0.1) is 6.92 Å². The third-order valence-corrected chi connectivity index (χ3v) is 2.91. The Morgan fingerprint density at radius 3 is 2.95 bits per heavy atom. The van der Waals surface area contributed by atoms with Crippen LogP contribution in [0.4, 0.5) is 0 Å². The van der Waals surface area contributed by atoms with Gasteiger partial charge in [-0.15, -0.1) is 0 Å². The lowest BCUT2D eigenvalue weighted by Crippen LogP contribution is -2.14. The van der Waals surface area contributed by atoms with Gasteiger partial charge in [0.1, 0.15) is 5.82 Å². The van der Waals surface area contributed by atoms with E-state index >= 15 is 0 Å². The second-order valence-electron chi connectivity index (χ2n) is 4.39. The molecule has 0 aliphatic carbocycles. The molecule has 0 saturated heterocycles. The van der Waals surface area contributed by atoms with Crippen molar-refractivity contribution in [2.24, 2.45) is 0 Å². The molecule has 1 aliphatic heterocycles. The summed E-state index contributed by atoms with van der Waals surface area (Å²) < 4.78 is 10.6. The average Bonchev–Trinajstić information content (AvgIpc) is 2.86. The Labute approximate surface area is 111 Å². The molecule has 2 heterocycles. The van der Waals surface area contributed by atoms with Gasteiger partial charge in [0.05, 0.1) is 5.69 Å². The number of benzene rings is 1. The predicted molar refractivity (Wildman–Crippen MR) is 69.9 cm³/mol. The smallest absolute Gasteiger partial charge is 0.231 e. The van der Waals surface area contributed by atoms with Gasteiger partial charge in [0.2, 0.25) is 6.79 Å². The number of hydrogen-bond donors (Lipinski definition) is 1. The minimum Gasteiger partial charge on any atom is -0.454 e. The van der Waals surface area contributed by atoms with Crippen LogP contribution >= 0.6 is 0 Å². The van der Waals surface area contributed by atoms with Crippen molar-refractivity contribution in [3.05, 3.63) is 47.5 Å². The number of rotatable bonds is 4. The normalized spacial score (nSPS) is 12.7. The molecule has 0 unspecified atom stereocenters. The van der Waals surface area contributed by atoms with E-state index in [2.05, 4.69) is 15.3 Å². The lowest BCUT2D eigenvalue weighted by molar-refractivity contribution is 0.174. The Balaban J connectivity index is 1.58. The molecule has 1 aromatic heterocycles. The number of hydrogen-bond acceptors (Lipinski definition) is 5. The fourth-order valence-corrected chi connectivity index (χ4v) is 1.99. The highest BCUT2D eigenvalue weighted by molar-refractivity contribution is 5.44. The molecular formula is C14H15N3O2. The number of nitrogens with one attached hydrogen (secondary N) is 1. The van der Waals surface area contributed by atoms with E-state index in [4.69, 9.17) is 9.47 Å². The maximum Gasteiger partial charge on any atom is 0.231 e. The minimum absolute atomic E-state index is 0.312. The fraction of sp³-hybridized carbons (Fsp3) is 0.286. The zero-order valence-corrected chi connectivity index (χ0v) is 10.7. The van der Waals surface area contributed by atoms with Crippen LogP contribution in [-0.4, -0.2) is 16.8 Å². The van der Waals surface area contributed by atoms with Gasteiger partial charge >= 0.3 is 0 Å². The maximum absolute atomic E-state index is 5.35. The van der Waals surface area contributed by atoms with Crippen LogP contribution in [-0.2, 0) is 13.1 Å². The van der Waals surface area contributed by atoms with Crippen molar-refractivity contribution in [3.8, 4) is 11.5 Å². The molecule has 0 saturated carbocycles. The van der Waals surface area contributed by atoms with Gasteiger partial charge in [0, 0.05) is 19.3 Å². The summed E-state index contributed by atoms with van der Waals surface area (Å²) >= 11 is 0. The van der Waals surface area contributed by atoms with E-state index in [9.17, 15) is 0 Å². The molecule has 0 radical (unpaired) electrons. The van der Waals surface area contributed by atoms with E-state index in [0.29, 0.717) is 6.79 Å². The van der Waals surface area contributed by atoms with Crippen LogP contribution in [0.1, 0.15) is 17.1 Å². The lowest BCUT2D eigenvalue weighted by atomic mass is 10.2. The lowest BCUT2D eigenvalue weighted by Gasteiger charge is -2.06. The van der Waals surface area contributed by atoms with E-state index in [1.807, 2.05) is 31.2 Å². The van der Waals surface area contributed by atoms with E-state index in [-0.39, 0.29) is 0 Å². The van der Waals surface area contributed by atoms with Gasteiger partial charge in [-0.25, -0.2) is 9.97 Å². The van der Waals surface area contributed by atoms with Crippen LogP contribution in [0.25, 0.3) is 0 Å². The molecular weight excluding hydrogens is 242 g/mol. The number of fused-ring (bicyclic) bond motifs is 1. The van der Waals surface area contributed by atoms with Gasteiger partial charge in [0.25, 0.3) is 0 Å². The maximum atomic E-state index is 5.35. The summed E-state index contributed by atoms with van der Waals surface area (Å²) in [5, 5.41) is 3.35. The summed E-state index contributed by atoms with van der Waals surface area (Å²) in [4.78, 5) is 8.42. The van der Waals surface area contributed by atoms with Crippen LogP contribution in [0.2, 0.25) is 0 Å². The Kier molecular flexibility index (Phi) is 3.29. The zero-order valence-electron chi connectivity index (χ0n) is 10.7. The zero-order chi connectivity index (χ0) is 13.1. The average molecular weight is 257 g/mol. The molecule has 19 heavy (non-hydrogen) atoms.